The summed E-state index contributed by atoms with van der Waals surface area (Å²) < 4.78 is 16.3. The number of carbonyl (C=O) groups is 2. The molecule has 2 amide bonds. The fourth-order valence-corrected chi connectivity index (χ4v) is 2.67. The van der Waals surface area contributed by atoms with Crippen molar-refractivity contribution in [3.63, 3.8) is 0 Å². The molecule has 0 aliphatic carbocycles. The van der Waals surface area contributed by atoms with Crippen LogP contribution in [0.2, 0.25) is 0 Å². The number of methoxy groups -OCH3 is 1. The topological polar surface area (TPSA) is 98.2 Å². The number of nitrogens with zero attached hydrogens (tertiary/aromatic N) is 1. The summed E-state index contributed by atoms with van der Waals surface area (Å²) in [7, 11) is 1.57. The zero-order valence-corrected chi connectivity index (χ0v) is 15.9. The second-order valence-electron chi connectivity index (χ2n) is 5.46. The number of carbonyl (C=O) groups excluding carboxylic acids is 2. The van der Waals surface area contributed by atoms with E-state index in [1.54, 1.807) is 43.5 Å². The Morgan fingerprint density at radius 1 is 1.19 bits per heavy atom. The van der Waals surface area contributed by atoms with E-state index in [1.807, 2.05) is 0 Å². The van der Waals surface area contributed by atoms with Crippen molar-refractivity contribution >= 4 is 34.0 Å². The number of hydrogen-bond acceptors (Lipinski definition) is 6. The lowest BCUT2D eigenvalue weighted by molar-refractivity contribution is -0.139. The van der Waals surface area contributed by atoms with Gasteiger partial charge in [-0.05, 0) is 45.8 Å². The van der Waals surface area contributed by atoms with Gasteiger partial charge >= 0.3 is 11.8 Å². The molecule has 0 fully saturated rings. The largest absolute Gasteiger partial charge is 0.497 e. The summed E-state index contributed by atoms with van der Waals surface area (Å²) >= 11 is 3.38. The number of nitrogens with one attached hydrogen (secondary N) is 2. The van der Waals surface area contributed by atoms with Gasteiger partial charge in [-0.3, -0.25) is 9.59 Å². The highest BCUT2D eigenvalue weighted by atomic mass is 79.9. The van der Waals surface area contributed by atoms with Crippen LogP contribution in [-0.4, -0.2) is 31.9 Å². The summed E-state index contributed by atoms with van der Waals surface area (Å²) in [4.78, 5) is 23.6. The van der Waals surface area contributed by atoms with E-state index in [0.29, 0.717) is 27.3 Å². The van der Waals surface area contributed by atoms with Crippen LogP contribution in [0.3, 0.4) is 0 Å². The van der Waals surface area contributed by atoms with Crippen molar-refractivity contribution in [2.45, 2.75) is 6.54 Å². The lowest BCUT2D eigenvalue weighted by Gasteiger charge is -2.05. The van der Waals surface area contributed by atoms with Gasteiger partial charge in [-0.2, -0.15) is 5.10 Å². The molecular formula is C18H16BrN3O5. The molecule has 2 aromatic rings. The first-order valence-corrected chi connectivity index (χ1v) is 8.69. The van der Waals surface area contributed by atoms with E-state index < -0.39 is 11.8 Å². The van der Waals surface area contributed by atoms with E-state index in [-0.39, 0.29) is 13.3 Å². The van der Waals surface area contributed by atoms with Crippen molar-refractivity contribution in [1.82, 2.24) is 10.7 Å². The standard InChI is InChI=1S/C18H16BrN3O5/c1-25-13-4-2-11(3-5-13)8-20-17(23)18(24)22-21-9-12-6-15-16(7-14(12)19)27-10-26-15/h2-7,9H,8,10H2,1H3,(H,20,23)(H,22,24)/b21-9+. The molecular weight excluding hydrogens is 418 g/mol. The van der Waals surface area contributed by atoms with Gasteiger partial charge in [-0.1, -0.05) is 12.1 Å². The zero-order chi connectivity index (χ0) is 19.2. The number of hydrazone groups is 1. The van der Waals surface area contributed by atoms with Gasteiger partial charge in [0.2, 0.25) is 6.79 Å². The Labute approximate surface area is 163 Å². The molecule has 1 aliphatic rings. The SMILES string of the molecule is COc1ccc(CNC(=O)C(=O)N/N=C/c2cc3c(cc2Br)OCO3)cc1. The van der Waals surface area contributed by atoms with Gasteiger partial charge in [0.1, 0.15) is 5.75 Å². The second-order valence-corrected chi connectivity index (χ2v) is 6.31. The van der Waals surface area contributed by atoms with Crippen molar-refractivity contribution in [2.75, 3.05) is 13.9 Å². The van der Waals surface area contributed by atoms with E-state index in [1.165, 1.54) is 6.21 Å². The van der Waals surface area contributed by atoms with E-state index in [2.05, 4.69) is 31.8 Å². The molecule has 1 heterocycles. The van der Waals surface area contributed by atoms with Gasteiger partial charge in [-0.15, -0.1) is 0 Å². The summed E-state index contributed by atoms with van der Waals surface area (Å²) in [5.74, 6) is 0.278. The molecule has 0 bridgehead atoms. The normalized spacial score (nSPS) is 12.1. The van der Waals surface area contributed by atoms with Crippen molar-refractivity contribution in [2.24, 2.45) is 5.10 Å². The molecule has 0 atom stereocenters. The average molecular weight is 434 g/mol. The first-order chi connectivity index (χ1) is 13.1. The Bertz CT molecular complexity index is 883. The van der Waals surface area contributed by atoms with E-state index in [9.17, 15) is 9.59 Å². The van der Waals surface area contributed by atoms with Gasteiger partial charge in [0.15, 0.2) is 11.5 Å². The Kier molecular flexibility index (Phi) is 5.92. The molecule has 0 unspecified atom stereocenters. The molecule has 0 spiro atoms. The fourth-order valence-electron chi connectivity index (χ4n) is 2.25. The average Bonchev–Trinajstić information content (AvgIpc) is 3.13. The first kappa shape index (κ1) is 18.7. The molecule has 0 aromatic heterocycles. The third kappa shape index (κ3) is 4.76. The number of fused-ring (bicyclic) bond motifs is 1. The summed E-state index contributed by atoms with van der Waals surface area (Å²) in [6, 6.07) is 10.6. The van der Waals surface area contributed by atoms with Crippen LogP contribution in [0.1, 0.15) is 11.1 Å². The third-order valence-corrected chi connectivity index (χ3v) is 4.37. The van der Waals surface area contributed by atoms with Crippen LogP contribution >= 0.6 is 15.9 Å². The van der Waals surface area contributed by atoms with Crippen LogP contribution in [0, 0.1) is 0 Å². The Morgan fingerprint density at radius 2 is 1.89 bits per heavy atom. The predicted octanol–water partition coefficient (Wildman–Crippen LogP) is 1.95. The molecule has 8 nitrogen and oxygen atoms in total. The summed E-state index contributed by atoms with van der Waals surface area (Å²) in [5.41, 5.74) is 3.69. The number of halogens is 1. The third-order valence-electron chi connectivity index (χ3n) is 3.68. The molecule has 3 rings (SSSR count). The Hall–Kier alpha value is -3.07. The fraction of sp³-hybridized carbons (Fsp3) is 0.167. The summed E-state index contributed by atoms with van der Waals surface area (Å²) in [6.45, 7) is 0.376. The van der Waals surface area contributed by atoms with E-state index in [4.69, 9.17) is 14.2 Å². The highest BCUT2D eigenvalue weighted by Crippen LogP contribution is 2.36. The van der Waals surface area contributed by atoms with Crippen LogP contribution < -0.4 is 25.0 Å². The second kappa shape index (κ2) is 8.54. The molecule has 1 aliphatic heterocycles. The van der Waals surface area contributed by atoms with Crippen molar-refractivity contribution < 1.29 is 23.8 Å². The minimum atomic E-state index is -0.864. The van der Waals surface area contributed by atoms with Crippen molar-refractivity contribution in [3.8, 4) is 17.2 Å². The maximum absolute atomic E-state index is 11.8. The number of ether oxygens (including phenoxy) is 3. The number of amides is 2. The van der Waals surface area contributed by atoms with Gasteiger partial charge in [0, 0.05) is 16.6 Å². The molecule has 0 saturated carbocycles. The molecule has 2 aromatic carbocycles. The Morgan fingerprint density at radius 3 is 2.59 bits per heavy atom. The first-order valence-electron chi connectivity index (χ1n) is 7.90. The highest BCUT2D eigenvalue weighted by Gasteiger charge is 2.16. The molecule has 27 heavy (non-hydrogen) atoms. The monoisotopic (exact) mass is 433 g/mol. The van der Waals surface area contributed by atoms with Crippen molar-refractivity contribution in [3.05, 3.63) is 52.0 Å². The molecule has 0 radical (unpaired) electrons. The lowest BCUT2D eigenvalue weighted by atomic mass is 10.2. The van der Waals surface area contributed by atoms with Gasteiger partial charge in [0.05, 0.1) is 13.3 Å². The van der Waals surface area contributed by atoms with Crippen LogP contribution in [0.25, 0.3) is 0 Å². The van der Waals surface area contributed by atoms with Gasteiger partial charge in [0.25, 0.3) is 0 Å². The van der Waals surface area contributed by atoms with Gasteiger partial charge < -0.3 is 19.5 Å². The smallest absolute Gasteiger partial charge is 0.329 e. The minimum absolute atomic E-state index is 0.160. The zero-order valence-electron chi connectivity index (χ0n) is 14.3. The quantitative estimate of drug-likeness (QED) is 0.426. The number of hydrogen-bond donors (Lipinski definition) is 2. The number of benzene rings is 2. The summed E-state index contributed by atoms with van der Waals surface area (Å²) in [6.07, 6.45) is 1.40. The van der Waals surface area contributed by atoms with E-state index >= 15 is 0 Å². The van der Waals surface area contributed by atoms with E-state index in [0.717, 1.165) is 5.56 Å². The van der Waals surface area contributed by atoms with Crippen LogP contribution in [-0.2, 0) is 16.1 Å². The Balaban J connectivity index is 1.51. The minimum Gasteiger partial charge on any atom is -0.497 e. The van der Waals surface area contributed by atoms with Crippen molar-refractivity contribution in [1.29, 1.82) is 0 Å². The summed E-state index contributed by atoms with van der Waals surface area (Å²) in [5, 5.41) is 6.32. The molecule has 9 heteroatoms. The maximum atomic E-state index is 11.8. The molecule has 2 N–H and O–H groups in total. The van der Waals surface area contributed by atoms with Crippen LogP contribution in [0.15, 0.2) is 46.0 Å². The van der Waals surface area contributed by atoms with Gasteiger partial charge in [-0.25, -0.2) is 5.43 Å². The number of rotatable bonds is 5. The van der Waals surface area contributed by atoms with Crippen LogP contribution in [0.5, 0.6) is 17.2 Å². The molecule has 0 saturated heterocycles. The van der Waals surface area contributed by atoms with Crippen LogP contribution in [0.4, 0.5) is 0 Å². The predicted molar refractivity (Wildman–Crippen MR) is 101 cm³/mol. The maximum Gasteiger partial charge on any atom is 0.329 e. The molecule has 140 valence electrons. The lowest BCUT2D eigenvalue weighted by Crippen LogP contribution is -2.37. The highest BCUT2D eigenvalue weighted by molar-refractivity contribution is 9.10.